The molecule has 0 aliphatic rings. The fourth-order valence-electron chi connectivity index (χ4n) is 1.19. The maximum Gasteiger partial charge on any atom is 0.425 e. The maximum absolute atomic E-state index is 10.2. The first kappa shape index (κ1) is 13.6. The average molecular weight is 250 g/mol. The number of carbonyl (C=O) groups is 1. The van der Waals surface area contributed by atoms with Crippen molar-refractivity contribution in [2.75, 3.05) is 7.11 Å². The highest BCUT2D eigenvalue weighted by Crippen LogP contribution is 2.26. The van der Waals surface area contributed by atoms with Crippen molar-refractivity contribution in [3.8, 4) is 11.5 Å². The fourth-order valence-corrected chi connectivity index (χ4v) is 1.19. The summed E-state index contributed by atoms with van der Waals surface area (Å²) in [5.41, 5.74) is 3.21. The van der Waals surface area contributed by atoms with E-state index in [1.807, 2.05) is 5.43 Å². The Hall–Kier alpha value is -2.50. The number of carboxylic acid groups (broad SMARTS) is 1. The third-order valence-corrected chi connectivity index (χ3v) is 2.05. The first-order valence-corrected chi connectivity index (χ1v) is 5.11. The van der Waals surface area contributed by atoms with Gasteiger partial charge in [-0.3, -0.25) is 0 Å². The Bertz CT molecular complexity index is 495. The van der Waals surface area contributed by atoms with Crippen molar-refractivity contribution in [1.82, 2.24) is 5.43 Å². The van der Waals surface area contributed by atoms with Gasteiger partial charge in [-0.25, -0.2) is 10.2 Å². The van der Waals surface area contributed by atoms with Crippen molar-refractivity contribution in [2.24, 2.45) is 5.10 Å². The predicted octanol–water partition coefficient (Wildman–Crippen LogP) is 2.06. The number of benzene rings is 1. The number of allylic oxidation sites excluding steroid dienone is 1. The topological polar surface area (TPSA) is 91.2 Å². The normalized spacial score (nSPS) is 11.6. The van der Waals surface area contributed by atoms with E-state index in [4.69, 9.17) is 9.84 Å². The van der Waals surface area contributed by atoms with E-state index < -0.39 is 6.09 Å². The van der Waals surface area contributed by atoms with E-state index >= 15 is 0 Å². The van der Waals surface area contributed by atoms with E-state index in [9.17, 15) is 9.90 Å². The number of aromatic hydroxyl groups is 1. The molecule has 0 aromatic heterocycles. The van der Waals surface area contributed by atoms with Gasteiger partial charge in [-0.05, 0) is 30.7 Å². The molecule has 96 valence electrons. The number of phenolic OH excluding ortho intramolecular Hbond substituents is 1. The highest BCUT2D eigenvalue weighted by Gasteiger charge is 2.00. The Kier molecular flexibility index (Phi) is 4.74. The van der Waals surface area contributed by atoms with Crippen LogP contribution in [0.2, 0.25) is 0 Å². The minimum Gasteiger partial charge on any atom is -0.504 e. The number of amides is 1. The monoisotopic (exact) mass is 250 g/mol. The smallest absolute Gasteiger partial charge is 0.425 e. The van der Waals surface area contributed by atoms with Crippen molar-refractivity contribution in [1.29, 1.82) is 0 Å². The second kappa shape index (κ2) is 6.29. The second-order valence-corrected chi connectivity index (χ2v) is 3.43. The molecule has 6 nitrogen and oxygen atoms in total. The van der Waals surface area contributed by atoms with Crippen LogP contribution in [0.4, 0.5) is 4.79 Å². The van der Waals surface area contributed by atoms with Crippen LogP contribution >= 0.6 is 0 Å². The van der Waals surface area contributed by atoms with Crippen LogP contribution in [0.3, 0.4) is 0 Å². The number of hydrogen-bond acceptors (Lipinski definition) is 4. The lowest BCUT2D eigenvalue weighted by Gasteiger charge is -2.03. The van der Waals surface area contributed by atoms with Crippen molar-refractivity contribution in [3.05, 3.63) is 29.8 Å². The van der Waals surface area contributed by atoms with E-state index in [2.05, 4.69) is 5.10 Å². The SMILES string of the molecule is COc1cc(/C=C/C(C)=NNC(=O)O)ccc1O. The molecule has 1 amide bonds. The van der Waals surface area contributed by atoms with E-state index in [0.29, 0.717) is 11.5 Å². The van der Waals surface area contributed by atoms with E-state index in [1.165, 1.54) is 13.2 Å². The lowest BCUT2D eigenvalue weighted by atomic mass is 10.2. The van der Waals surface area contributed by atoms with Crippen LogP contribution in [0.25, 0.3) is 6.08 Å². The average Bonchev–Trinajstić information content (AvgIpc) is 2.35. The second-order valence-electron chi connectivity index (χ2n) is 3.43. The van der Waals surface area contributed by atoms with Crippen LogP contribution in [0.5, 0.6) is 11.5 Å². The molecule has 0 atom stereocenters. The zero-order valence-electron chi connectivity index (χ0n) is 10.0. The lowest BCUT2D eigenvalue weighted by molar-refractivity contribution is 0.195. The molecule has 0 aliphatic carbocycles. The molecule has 0 heterocycles. The van der Waals surface area contributed by atoms with Crippen LogP contribution in [0.1, 0.15) is 12.5 Å². The summed E-state index contributed by atoms with van der Waals surface area (Å²) >= 11 is 0. The molecule has 1 aromatic carbocycles. The molecule has 0 unspecified atom stereocenters. The molecule has 18 heavy (non-hydrogen) atoms. The number of hydrogen-bond donors (Lipinski definition) is 3. The Labute approximate surface area is 104 Å². The van der Waals surface area contributed by atoms with Crippen LogP contribution in [0.15, 0.2) is 29.4 Å². The lowest BCUT2D eigenvalue weighted by Crippen LogP contribution is -2.14. The minimum atomic E-state index is -1.21. The van der Waals surface area contributed by atoms with E-state index in [-0.39, 0.29) is 5.75 Å². The number of rotatable bonds is 4. The first-order valence-electron chi connectivity index (χ1n) is 5.11. The molecule has 0 saturated carbocycles. The van der Waals surface area contributed by atoms with Crippen molar-refractivity contribution in [2.45, 2.75) is 6.92 Å². The maximum atomic E-state index is 10.2. The largest absolute Gasteiger partial charge is 0.504 e. The van der Waals surface area contributed by atoms with Gasteiger partial charge in [-0.2, -0.15) is 5.10 Å². The molecule has 0 saturated heterocycles. The Balaban J connectivity index is 2.78. The number of ether oxygens (including phenoxy) is 1. The fraction of sp³-hybridized carbons (Fsp3) is 0.167. The molecule has 0 fully saturated rings. The zero-order valence-corrected chi connectivity index (χ0v) is 10.0. The van der Waals surface area contributed by atoms with Crippen molar-refractivity contribution in [3.63, 3.8) is 0 Å². The summed E-state index contributed by atoms with van der Waals surface area (Å²) in [6.45, 7) is 1.66. The highest BCUT2D eigenvalue weighted by molar-refractivity contribution is 5.96. The predicted molar refractivity (Wildman–Crippen MR) is 68.0 cm³/mol. The number of nitrogens with zero attached hydrogens (tertiary/aromatic N) is 1. The van der Waals surface area contributed by atoms with Gasteiger partial charge in [-0.15, -0.1) is 0 Å². The Morgan fingerprint density at radius 2 is 2.22 bits per heavy atom. The molecular weight excluding hydrogens is 236 g/mol. The molecule has 1 aromatic rings. The molecule has 1 rings (SSSR count). The number of hydrazone groups is 1. The zero-order chi connectivity index (χ0) is 13.5. The summed E-state index contributed by atoms with van der Waals surface area (Å²) in [5, 5.41) is 21.4. The van der Waals surface area contributed by atoms with Gasteiger partial charge < -0.3 is 14.9 Å². The summed E-state index contributed by atoms with van der Waals surface area (Å²) in [4.78, 5) is 10.2. The van der Waals surface area contributed by atoms with Gasteiger partial charge in [0.25, 0.3) is 0 Å². The van der Waals surface area contributed by atoms with Gasteiger partial charge in [0.05, 0.1) is 12.8 Å². The van der Waals surface area contributed by atoms with Crippen LogP contribution in [-0.2, 0) is 0 Å². The molecule has 0 aliphatic heterocycles. The molecule has 0 radical (unpaired) electrons. The van der Waals surface area contributed by atoms with Gasteiger partial charge in [0.2, 0.25) is 0 Å². The summed E-state index contributed by atoms with van der Waals surface area (Å²) < 4.78 is 4.97. The summed E-state index contributed by atoms with van der Waals surface area (Å²) in [5.74, 6) is 0.433. The van der Waals surface area contributed by atoms with Gasteiger partial charge in [0.15, 0.2) is 11.5 Å². The molecule has 6 heteroatoms. The molecule has 0 spiro atoms. The third-order valence-electron chi connectivity index (χ3n) is 2.05. The third kappa shape index (κ3) is 4.17. The van der Waals surface area contributed by atoms with Crippen molar-refractivity contribution >= 4 is 17.9 Å². The molecular formula is C12H14N2O4. The summed E-state index contributed by atoms with van der Waals surface area (Å²) in [6, 6.07) is 4.87. The van der Waals surface area contributed by atoms with E-state index in [0.717, 1.165) is 5.56 Å². The van der Waals surface area contributed by atoms with Crippen LogP contribution in [-0.4, -0.2) is 29.1 Å². The first-order chi connectivity index (χ1) is 8.52. The highest BCUT2D eigenvalue weighted by atomic mass is 16.5. The Morgan fingerprint density at radius 1 is 1.50 bits per heavy atom. The summed E-state index contributed by atoms with van der Waals surface area (Å²) in [6.07, 6.45) is 2.15. The van der Waals surface area contributed by atoms with Crippen LogP contribution in [0, 0.1) is 0 Å². The van der Waals surface area contributed by atoms with Gasteiger partial charge >= 0.3 is 6.09 Å². The minimum absolute atomic E-state index is 0.0626. The number of methoxy groups -OCH3 is 1. The molecule has 3 N–H and O–H groups in total. The van der Waals surface area contributed by atoms with Gasteiger partial charge in [0.1, 0.15) is 0 Å². The quantitative estimate of drug-likeness (QED) is 0.563. The van der Waals surface area contributed by atoms with Crippen molar-refractivity contribution < 1.29 is 19.7 Å². The number of phenols is 1. The van der Waals surface area contributed by atoms with E-state index in [1.54, 1.807) is 31.2 Å². The summed E-state index contributed by atoms with van der Waals surface area (Å²) in [7, 11) is 1.46. The standard InChI is InChI=1S/C12H14N2O4/c1-8(13-14-12(16)17)3-4-9-5-6-10(15)11(7-9)18-2/h3-7,14-15H,1-2H3,(H,16,17)/b4-3+,13-8?. The Morgan fingerprint density at radius 3 is 2.83 bits per heavy atom. The molecule has 0 bridgehead atoms. The van der Waals surface area contributed by atoms with Gasteiger partial charge in [-0.1, -0.05) is 12.1 Å². The van der Waals surface area contributed by atoms with Gasteiger partial charge in [0, 0.05) is 0 Å². The number of nitrogens with one attached hydrogen (secondary N) is 1. The van der Waals surface area contributed by atoms with Crippen LogP contribution < -0.4 is 10.2 Å².